The minimum Gasteiger partial charge on any atom is -0.497 e. The van der Waals surface area contributed by atoms with Crippen LogP contribution in [-0.2, 0) is 32.1 Å². The van der Waals surface area contributed by atoms with Gasteiger partial charge in [0.1, 0.15) is 18.1 Å². The zero-order valence-electron chi connectivity index (χ0n) is 18.0. The SMILES string of the molecule is COc1ccc(COC(=O)Cc2sc(SCC3=C(C(=O)O)N4C(=O)C[C@@H]4SC3)nc2C)cc1. The second kappa shape index (κ2) is 10.2. The predicted octanol–water partition coefficient (Wildman–Crippen LogP) is 3.48. The van der Waals surface area contributed by atoms with E-state index in [1.54, 1.807) is 18.9 Å². The number of amides is 1. The van der Waals surface area contributed by atoms with Gasteiger partial charge in [-0.15, -0.1) is 23.1 Å². The van der Waals surface area contributed by atoms with Crippen LogP contribution in [0.3, 0.4) is 0 Å². The second-order valence-electron chi connectivity index (χ2n) is 7.45. The zero-order chi connectivity index (χ0) is 23.5. The van der Waals surface area contributed by atoms with Crippen LogP contribution in [0.5, 0.6) is 5.75 Å². The summed E-state index contributed by atoms with van der Waals surface area (Å²) in [6.45, 7) is 2.02. The number of carbonyl (C=O) groups excluding carboxylic acids is 2. The summed E-state index contributed by atoms with van der Waals surface area (Å²) in [5.41, 5.74) is 2.46. The average Bonchev–Trinajstić information content (AvgIpc) is 3.14. The Bertz CT molecular complexity index is 1110. The highest BCUT2D eigenvalue weighted by atomic mass is 32.2. The van der Waals surface area contributed by atoms with E-state index in [2.05, 4.69) is 4.98 Å². The third-order valence-corrected chi connectivity index (χ3v) is 8.90. The molecule has 2 aromatic rings. The first-order valence-corrected chi connectivity index (χ1v) is 13.0. The fourth-order valence-electron chi connectivity index (χ4n) is 3.43. The number of thioether (sulfide) groups is 2. The van der Waals surface area contributed by atoms with E-state index in [9.17, 15) is 19.5 Å². The molecule has 3 heterocycles. The molecule has 2 aliphatic heterocycles. The first-order chi connectivity index (χ1) is 15.9. The van der Waals surface area contributed by atoms with Gasteiger partial charge in [-0.2, -0.15) is 0 Å². The number of thiazole rings is 1. The number of aryl methyl sites for hydroxylation is 1. The lowest BCUT2D eigenvalue weighted by molar-refractivity contribution is -0.146. The number of esters is 1. The van der Waals surface area contributed by atoms with Gasteiger partial charge in [-0.3, -0.25) is 14.5 Å². The van der Waals surface area contributed by atoms with E-state index in [1.165, 1.54) is 28.0 Å². The first kappa shape index (κ1) is 23.7. The number of carboxylic acids is 1. The van der Waals surface area contributed by atoms with Crippen LogP contribution in [0.4, 0.5) is 0 Å². The van der Waals surface area contributed by atoms with Crippen LogP contribution in [-0.4, -0.2) is 56.8 Å². The normalized spacial score (nSPS) is 17.5. The lowest BCUT2D eigenvalue weighted by atomic mass is 10.1. The quantitative estimate of drug-likeness (QED) is 0.311. The van der Waals surface area contributed by atoms with Gasteiger partial charge in [0.2, 0.25) is 5.91 Å². The number of hydrogen-bond donors (Lipinski definition) is 1. The number of rotatable bonds is 9. The Morgan fingerprint density at radius 2 is 2.06 bits per heavy atom. The molecule has 174 valence electrons. The number of benzene rings is 1. The molecule has 0 spiro atoms. The number of carboxylic acid groups (broad SMARTS) is 1. The van der Waals surface area contributed by atoms with Crippen LogP contribution in [0.25, 0.3) is 0 Å². The Hall–Kier alpha value is -2.50. The third-order valence-electron chi connectivity index (χ3n) is 5.24. The monoisotopic (exact) mass is 506 g/mol. The van der Waals surface area contributed by atoms with Crippen molar-refractivity contribution in [3.05, 3.63) is 51.7 Å². The standard InChI is InChI=1S/C22H22N2O6S3/c1-12-16(7-19(26)30-9-13-3-5-15(29-2)6-4-13)33-22(23-12)32-11-14-10-31-18-8-17(25)24(18)20(14)21(27)28/h3-6,18H,7-11H2,1-2H3,(H,27,28)/t18-/m0/s1. The fourth-order valence-corrected chi connectivity index (χ4v) is 7.06. The van der Waals surface area contributed by atoms with Crippen LogP contribution >= 0.6 is 34.9 Å². The largest absolute Gasteiger partial charge is 0.497 e. The van der Waals surface area contributed by atoms with Gasteiger partial charge in [-0.25, -0.2) is 9.78 Å². The van der Waals surface area contributed by atoms with Crippen LogP contribution < -0.4 is 4.74 Å². The van der Waals surface area contributed by atoms with Gasteiger partial charge >= 0.3 is 11.9 Å². The molecule has 1 aromatic heterocycles. The summed E-state index contributed by atoms with van der Waals surface area (Å²) in [5.74, 6) is 0.199. The van der Waals surface area contributed by atoms with E-state index >= 15 is 0 Å². The molecule has 0 aliphatic carbocycles. The number of β-lactam (4-membered cyclic amide) rings is 1. The predicted molar refractivity (Wildman–Crippen MR) is 126 cm³/mol. The lowest BCUT2D eigenvalue weighted by Crippen LogP contribution is -2.54. The van der Waals surface area contributed by atoms with Crippen molar-refractivity contribution in [1.82, 2.24) is 9.88 Å². The number of ether oxygens (including phenoxy) is 2. The van der Waals surface area contributed by atoms with Crippen molar-refractivity contribution in [1.29, 1.82) is 0 Å². The molecule has 1 amide bonds. The minimum atomic E-state index is -1.07. The minimum absolute atomic E-state index is 0.0602. The Morgan fingerprint density at radius 3 is 2.73 bits per heavy atom. The molecule has 1 atom stereocenters. The Labute approximate surface area is 203 Å². The molecule has 1 saturated heterocycles. The second-order valence-corrected chi connectivity index (χ2v) is 10.9. The van der Waals surface area contributed by atoms with E-state index < -0.39 is 5.97 Å². The fraction of sp³-hybridized carbons (Fsp3) is 0.364. The van der Waals surface area contributed by atoms with E-state index in [0.29, 0.717) is 17.9 Å². The number of hydrogen-bond acceptors (Lipinski definition) is 9. The molecule has 0 bridgehead atoms. The van der Waals surface area contributed by atoms with Crippen molar-refractivity contribution in [3.63, 3.8) is 0 Å². The number of aromatic nitrogens is 1. The molecule has 4 rings (SSSR count). The lowest BCUT2D eigenvalue weighted by Gasteiger charge is -2.43. The van der Waals surface area contributed by atoms with Crippen LogP contribution in [0, 0.1) is 6.92 Å². The van der Waals surface area contributed by atoms with Gasteiger partial charge in [0.15, 0.2) is 4.34 Å². The zero-order valence-corrected chi connectivity index (χ0v) is 20.5. The van der Waals surface area contributed by atoms with E-state index in [1.807, 2.05) is 31.2 Å². The summed E-state index contributed by atoms with van der Waals surface area (Å²) in [7, 11) is 1.59. The molecule has 0 unspecified atom stereocenters. The van der Waals surface area contributed by atoms with Gasteiger partial charge in [0.05, 0.1) is 31.0 Å². The van der Waals surface area contributed by atoms with Crippen molar-refractivity contribution in [2.75, 3.05) is 18.6 Å². The average molecular weight is 507 g/mol. The van der Waals surface area contributed by atoms with Crippen molar-refractivity contribution in [2.45, 2.75) is 36.1 Å². The maximum Gasteiger partial charge on any atom is 0.352 e. The number of aliphatic carboxylic acids is 1. The molecule has 11 heteroatoms. The molecular formula is C22H22N2O6S3. The van der Waals surface area contributed by atoms with Gasteiger partial charge in [0, 0.05) is 16.4 Å². The third kappa shape index (κ3) is 5.36. The van der Waals surface area contributed by atoms with Crippen molar-refractivity contribution in [3.8, 4) is 5.75 Å². The Morgan fingerprint density at radius 1 is 1.30 bits per heavy atom. The van der Waals surface area contributed by atoms with Gasteiger partial charge in [-0.05, 0) is 30.2 Å². The van der Waals surface area contributed by atoms with E-state index in [-0.39, 0.29) is 36.0 Å². The highest BCUT2D eigenvalue weighted by Crippen LogP contribution is 2.41. The highest BCUT2D eigenvalue weighted by Gasteiger charge is 2.45. The number of nitrogens with zero attached hydrogens (tertiary/aromatic N) is 2. The van der Waals surface area contributed by atoms with Crippen LogP contribution in [0.2, 0.25) is 0 Å². The summed E-state index contributed by atoms with van der Waals surface area (Å²) >= 11 is 4.42. The van der Waals surface area contributed by atoms with Crippen LogP contribution in [0.1, 0.15) is 22.6 Å². The molecule has 8 nitrogen and oxygen atoms in total. The van der Waals surface area contributed by atoms with E-state index in [4.69, 9.17) is 9.47 Å². The summed E-state index contributed by atoms with van der Waals surface area (Å²) in [4.78, 5) is 42.7. The molecule has 1 aromatic carbocycles. The molecule has 33 heavy (non-hydrogen) atoms. The summed E-state index contributed by atoms with van der Waals surface area (Å²) in [6.07, 6.45) is 0.522. The molecular weight excluding hydrogens is 484 g/mol. The summed E-state index contributed by atoms with van der Waals surface area (Å²) in [6, 6.07) is 7.32. The van der Waals surface area contributed by atoms with Crippen molar-refractivity contribution >= 4 is 52.7 Å². The van der Waals surface area contributed by atoms with Crippen molar-refractivity contribution in [2.24, 2.45) is 0 Å². The topological polar surface area (TPSA) is 106 Å². The maximum absolute atomic E-state index is 12.3. The Kier molecular flexibility index (Phi) is 7.30. The maximum atomic E-state index is 12.3. The highest BCUT2D eigenvalue weighted by molar-refractivity contribution is 8.01. The smallest absolute Gasteiger partial charge is 0.352 e. The van der Waals surface area contributed by atoms with Crippen LogP contribution in [0.15, 0.2) is 39.9 Å². The van der Waals surface area contributed by atoms with Gasteiger partial charge < -0.3 is 14.6 Å². The Balaban J connectivity index is 1.34. The molecule has 1 N–H and O–H groups in total. The first-order valence-electron chi connectivity index (χ1n) is 10.1. The van der Waals surface area contributed by atoms with Crippen molar-refractivity contribution < 1.29 is 29.0 Å². The molecule has 0 saturated carbocycles. The number of fused-ring (bicyclic) bond motifs is 1. The number of methoxy groups -OCH3 is 1. The summed E-state index contributed by atoms with van der Waals surface area (Å²) in [5, 5.41) is 9.55. The number of carbonyl (C=O) groups is 3. The molecule has 2 aliphatic rings. The van der Waals surface area contributed by atoms with E-state index in [0.717, 1.165) is 31.8 Å². The van der Waals surface area contributed by atoms with Gasteiger partial charge in [-0.1, -0.05) is 23.9 Å². The van der Waals surface area contributed by atoms with Gasteiger partial charge in [0.25, 0.3) is 0 Å². The molecule has 0 radical (unpaired) electrons. The molecule has 1 fully saturated rings. The summed E-state index contributed by atoms with van der Waals surface area (Å²) < 4.78 is 11.3.